The van der Waals surface area contributed by atoms with Gasteiger partial charge in [-0.05, 0) is 29.8 Å². The minimum absolute atomic E-state index is 0.0602. The fourth-order valence-electron chi connectivity index (χ4n) is 2.10. The zero-order valence-corrected chi connectivity index (χ0v) is 12.5. The van der Waals surface area contributed by atoms with E-state index in [2.05, 4.69) is 10.6 Å². The number of hydrogen-bond donors (Lipinski definition) is 2. The Morgan fingerprint density at radius 2 is 1.38 bits per heavy atom. The molecule has 0 radical (unpaired) electrons. The topological polar surface area (TPSA) is 83.6 Å². The van der Waals surface area contributed by atoms with Gasteiger partial charge in [-0.2, -0.15) is 0 Å². The number of rotatable bonds is 5. The molecule has 0 saturated carbocycles. The number of phenolic OH excluding ortho intramolecular Hbond substituents is 2. The van der Waals surface area contributed by atoms with Crippen LogP contribution in [0.4, 0.5) is 0 Å². The maximum atomic E-state index is 10.1. The first-order valence-corrected chi connectivity index (χ1v) is 7.14. The monoisotopic (exact) mass is 322 g/mol. The molecule has 3 aromatic carbocycles. The molecule has 6 heteroatoms. The molecule has 0 aliphatic carbocycles. The van der Waals surface area contributed by atoms with Crippen molar-refractivity contribution in [3.63, 3.8) is 0 Å². The van der Waals surface area contributed by atoms with Gasteiger partial charge in [-0.25, -0.2) is 0 Å². The van der Waals surface area contributed by atoms with Crippen LogP contribution < -0.4 is 9.68 Å². The van der Waals surface area contributed by atoms with Gasteiger partial charge in [-0.3, -0.25) is 0 Å². The van der Waals surface area contributed by atoms with E-state index in [9.17, 15) is 10.2 Å². The fraction of sp³-hybridized carbons (Fsp3) is 0. The minimum Gasteiger partial charge on any atom is -0.508 e. The molecule has 6 nitrogen and oxygen atoms in total. The van der Waals surface area contributed by atoms with Crippen LogP contribution in [0.5, 0.6) is 23.0 Å². The summed E-state index contributed by atoms with van der Waals surface area (Å²) < 4.78 is 0. The van der Waals surface area contributed by atoms with Crippen molar-refractivity contribution in [2.45, 2.75) is 0 Å². The van der Waals surface area contributed by atoms with Crippen LogP contribution >= 0.6 is 0 Å². The van der Waals surface area contributed by atoms with Crippen molar-refractivity contribution in [1.82, 2.24) is 0 Å². The summed E-state index contributed by atoms with van der Waals surface area (Å²) >= 11 is 0. The van der Waals surface area contributed by atoms with Gasteiger partial charge in [0.1, 0.15) is 11.5 Å². The van der Waals surface area contributed by atoms with Gasteiger partial charge in [0.05, 0.1) is 10.6 Å². The highest BCUT2D eigenvalue weighted by atomic mass is 16.7. The van der Waals surface area contributed by atoms with Crippen LogP contribution in [-0.2, 0) is 0 Å². The summed E-state index contributed by atoms with van der Waals surface area (Å²) in [6.45, 7) is 0. The molecule has 0 bridgehead atoms. The average Bonchev–Trinajstić information content (AvgIpc) is 2.60. The molecule has 0 saturated heterocycles. The third-order valence-corrected chi connectivity index (χ3v) is 3.20. The average molecular weight is 322 g/mol. The first-order chi connectivity index (χ1) is 11.7. The zero-order valence-electron chi connectivity index (χ0n) is 12.5. The Bertz CT molecular complexity index is 851. The number of benzene rings is 3. The van der Waals surface area contributed by atoms with Crippen LogP contribution in [0, 0.1) is 0 Å². The first-order valence-electron chi connectivity index (χ1n) is 7.14. The van der Waals surface area contributed by atoms with Gasteiger partial charge in [-0.15, -0.1) is 0 Å². The van der Waals surface area contributed by atoms with Crippen molar-refractivity contribution in [1.29, 1.82) is 0 Å². The Hall–Kier alpha value is -3.54. The van der Waals surface area contributed by atoms with E-state index in [1.165, 1.54) is 18.2 Å². The summed E-state index contributed by atoms with van der Waals surface area (Å²) in [5, 5.41) is 26.2. The second-order valence-electron chi connectivity index (χ2n) is 4.89. The highest BCUT2D eigenvalue weighted by Crippen LogP contribution is 2.32. The lowest BCUT2D eigenvalue weighted by molar-refractivity contribution is 0.207. The minimum atomic E-state index is 0.0602. The largest absolute Gasteiger partial charge is 0.508 e. The van der Waals surface area contributed by atoms with Crippen molar-refractivity contribution >= 4 is 0 Å². The molecule has 3 aromatic rings. The molecule has 0 fully saturated rings. The molecular formula is C18H14N2O4. The lowest BCUT2D eigenvalue weighted by Gasteiger charge is -2.05. The summed E-state index contributed by atoms with van der Waals surface area (Å²) in [5.74, 6) is 0.771. The molecule has 24 heavy (non-hydrogen) atoms. The molecule has 0 aliphatic heterocycles. The number of hydrogen-bond acceptors (Lipinski definition) is 6. The molecule has 0 heterocycles. The Labute approximate surface area is 138 Å². The Balaban J connectivity index is 1.64. The van der Waals surface area contributed by atoms with Crippen molar-refractivity contribution in [3.05, 3.63) is 72.8 Å². The van der Waals surface area contributed by atoms with Crippen LogP contribution in [0.2, 0.25) is 0 Å². The molecule has 0 atom stereocenters. The highest BCUT2D eigenvalue weighted by Gasteiger charge is 2.05. The van der Waals surface area contributed by atoms with Gasteiger partial charge in [0.2, 0.25) is 0 Å². The van der Waals surface area contributed by atoms with E-state index in [-0.39, 0.29) is 11.5 Å². The second kappa shape index (κ2) is 7.15. The van der Waals surface area contributed by atoms with E-state index >= 15 is 0 Å². The number of phenols is 2. The molecule has 3 rings (SSSR count). The van der Waals surface area contributed by atoms with E-state index in [4.69, 9.17) is 9.68 Å². The van der Waals surface area contributed by atoms with Crippen molar-refractivity contribution < 1.29 is 19.9 Å². The molecule has 0 aliphatic rings. The van der Waals surface area contributed by atoms with E-state index in [0.717, 1.165) is 5.56 Å². The normalized spacial score (nSPS) is 10.7. The van der Waals surface area contributed by atoms with Crippen molar-refractivity contribution in [2.75, 3.05) is 0 Å². The lowest BCUT2D eigenvalue weighted by Crippen LogP contribution is -1.86. The third-order valence-electron chi connectivity index (χ3n) is 3.20. The van der Waals surface area contributed by atoms with Crippen LogP contribution in [0.3, 0.4) is 0 Å². The molecule has 120 valence electrons. The van der Waals surface area contributed by atoms with Crippen molar-refractivity contribution in [2.24, 2.45) is 10.6 Å². The first kappa shape index (κ1) is 15.4. The standard InChI is InChI=1S/C18H14N2O4/c21-14-7-4-8-15(11-14)23-19-20-24-16-9-10-17(18(22)12-16)13-5-2-1-3-6-13/h1-12,21-22H. The van der Waals surface area contributed by atoms with Crippen LogP contribution in [0.25, 0.3) is 11.1 Å². The van der Waals surface area contributed by atoms with Crippen LogP contribution in [0.1, 0.15) is 0 Å². The van der Waals surface area contributed by atoms with Gasteiger partial charge in [0.15, 0.2) is 11.5 Å². The van der Waals surface area contributed by atoms with Gasteiger partial charge in [-0.1, -0.05) is 36.4 Å². The Morgan fingerprint density at radius 3 is 2.04 bits per heavy atom. The fourth-order valence-corrected chi connectivity index (χ4v) is 2.10. The molecule has 0 spiro atoms. The smallest absolute Gasteiger partial charge is 0.163 e. The van der Waals surface area contributed by atoms with Gasteiger partial charge >= 0.3 is 0 Å². The summed E-state index contributed by atoms with van der Waals surface area (Å²) in [7, 11) is 0. The third kappa shape index (κ3) is 3.80. The number of aromatic hydroxyl groups is 2. The highest BCUT2D eigenvalue weighted by molar-refractivity contribution is 5.70. The summed E-state index contributed by atoms with van der Waals surface area (Å²) in [6.07, 6.45) is 0. The lowest BCUT2D eigenvalue weighted by atomic mass is 10.0. The van der Waals surface area contributed by atoms with Crippen molar-refractivity contribution in [3.8, 4) is 34.1 Å². The van der Waals surface area contributed by atoms with Gasteiger partial charge in [0.25, 0.3) is 0 Å². The van der Waals surface area contributed by atoms with Crippen LogP contribution in [0.15, 0.2) is 83.4 Å². The maximum absolute atomic E-state index is 10.1. The maximum Gasteiger partial charge on any atom is 0.163 e. The Morgan fingerprint density at radius 1 is 0.667 bits per heavy atom. The zero-order chi connectivity index (χ0) is 16.8. The van der Waals surface area contributed by atoms with Crippen LogP contribution in [-0.4, -0.2) is 10.2 Å². The predicted octanol–water partition coefficient (Wildman–Crippen LogP) is 4.50. The van der Waals surface area contributed by atoms with E-state index < -0.39 is 0 Å². The summed E-state index contributed by atoms with van der Waals surface area (Å²) in [5.41, 5.74) is 1.59. The second-order valence-corrected chi connectivity index (χ2v) is 4.89. The molecule has 2 N–H and O–H groups in total. The van der Waals surface area contributed by atoms with E-state index in [0.29, 0.717) is 17.1 Å². The molecule has 0 amide bonds. The summed E-state index contributed by atoms with van der Waals surface area (Å²) in [4.78, 5) is 9.98. The quantitative estimate of drug-likeness (QED) is 0.535. The van der Waals surface area contributed by atoms with Gasteiger partial charge in [0, 0.05) is 17.7 Å². The summed E-state index contributed by atoms with van der Waals surface area (Å²) in [6, 6.07) is 20.5. The van der Waals surface area contributed by atoms with Gasteiger partial charge < -0.3 is 19.9 Å². The number of nitrogens with zero attached hydrogens (tertiary/aromatic N) is 2. The van der Waals surface area contributed by atoms with E-state index in [1.807, 2.05) is 30.3 Å². The van der Waals surface area contributed by atoms with E-state index in [1.54, 1.807) is 24.3 Å². The molecule has 0 unspecified atom stereocenters. The Kier molecular flexibility index (Phi) is 4.57. The SMILES string of the molecule is Oc1cccc(ON=NOc2ccc(-c3ccccc3)c(O)c2)c1. The predicted molar refractivity (Wildman–Crippen MR) is 87.8 cm³/mol. The molecule has 0 aromatic heterocycles. The molecular weight excluding hydrogens is 308 g/mol.